The summed E-state index contributed by atoms with van der Waals surface area (Å²) < 4.78 is 0. The summed E-state index contributed by atoms with van der Waals surface area (Å²) in [5.74, 6) is 0.876. The highest BCUT2D eigenvalue weighted by Crippen LogP contribution is 2.23. The van der Waals surface area contributed by atoms with Crippen LogP contribution in [0.25, 0.3) is 0 Å². The summed E-state index contributed by atoms with van der Waals surface area (Å²) in [6.45, 7) is 8.08. The molecule has 0 amide bonds. The van der Waals surface area contributed by atoms with Crippen LogP contribution in [-0.2, 0) is 18.5 Å². The molecule has 0 spiro atoms. The minimum Gasteiger partial charge on any atom is -0.350 e. The number of halogens is 1. The first kappa shape index (κ1) is 20.9. The molecule has 1 aromatic carbocycles. The van der Waals surface area contributed by atoms with Gasteiger partial charge in [0.2, 0.25) is 0 Å². The lowest BCUT2D eigenvalue weighted by Crippen LogP contribution is -2.38. The van der Waals surface area contributed by atoms with Gasteiger partial charge in [-0.25, -0.2) is 4.98 Å². The van der Waals surface area contributed by atoms with E-state index in [0.29, 0.717) is 6.54 Å². The summed E-state index contributed by atoms with van der Waals surface area (Å²) in [6.07, 6.45) is 0. The van der Waals surface area contributed by atoms with E-state index in [2.05, 4.69) is 65.6 Å². The SMILES string of the molecule is CN=C(NCc1nc(C(C)(C)C)cs1)N(C)Cc1ccccc1.I. The number of hydrogen-bond acceptors (Lipinski definition) is 3. The molecule has 4 nitrogen and oxygen atoms in total. The van der Waals surface area contributed by atoms with Gasteiger partial charge in [0.25, 0.3) is 0 Å². The van der Waals surface area contributed by atoms with Crippen molar-refractivity contribution in [3.63, 3.8) is 0 Å². The summed E-state index contributed by atoms with van der Waals surface area (Å²) >= 11 is 1.70. The Morgan fingerprint density at radius 2 is 1.92 bits per heavy atom. The lowest BCUT2D eigenvalue weighted by Gasteiger charge is -2.21. The molecule has 2 aromatic rings. The van der Waals surface area contributed by atoms with E-state index < -0.39 is 0 Å². The minimum atomic E-state index is 0. The molecule has 24 heavy (non-hydrogen) atoms. The standard InChI is InChI=1S/C18H26N4S.HI/c1-18(2,3)15-13-23-16(21-15)11-20-17(19-4)22(5)12-14-9-7-6-8-10-14;/h6-10,13H,11-12H2,1-5H3,(H,19,20);1H. The first-order valence-corrected chi connectivity index (χ1v) is 8.68. The van der Waals surface area contributed by atoms with Gasteiger partial charge in [-0.05, 0) is 5.56 Å². The normalized spacial score (nSPS) is 11.8. The zero-order valence-corrected chi connectivity index (χ0v) is 18.2. The average Bonchev–Trinajstić information content (AvgIpc) is 2.98. The predicted octanol–water partition coefficient (Wildman–Crippen LogP) is 4.27. The maximum Gasteiger partial charge on any atom is 0.194 e. The Hall–Kier alpha value is -1.15. The van der Waals surface area contributed by atoms with Gasteiger partial charge in [0.05, 0.1) is 12.2 Å². The summed E-state index contributed by atoms with van der Waals surface area (Å²) in [5.41, 5.74) is 2.51. The molecule has 1 heterocycles. The summed E-state index contributed by atoms with van der Waals surface area (Å²) in [5, 5.41) is 6.63. The molecular weight excluding hydrogens is 431 g/mol. The predicted molar refractivity (Wildman–Crippen MR) is 114 cm³/mol. The molecule has 0 aliphatic rings. The highest BCUT2D eigenvalue weighted by molar-refractivity contribution is 14.0. The Kier molecular flexibility index (Phi) is 8.15. The van der Waals surface area contributed by atoms with Crippen molar-refractivity contribution in [2.75, 3.05) is 14.1 Å². The fraction of sp³-hybridized carbons (Fsp3) is 0.444. The van der Waals surface area contributed by atoms with Crippen LogP contribution in [0.1, 0.15) is 37.0 Å². The quantitative estimate of drug-likeness (QED) is 0.423. The van der Waals surface area contributed by atoms with Gasteiger partial charge in [-0.1, -0.05) is 51.1 Å². The van der Waals surface area contributed by atoms with Gasteiger partial charge < -0.3 is 10.2 Å². The number of hydrogen-bond donors (Lipinski definition) is 1. The van der Waals surface area contributed by atoms with Crippen molar-refractivity contribution in [2.45, 2.75) is 39.3 Å². The molecule has 0 saturated carbocycles. The van der Waals surface area contributed by atoms with Gasteiger partial charge in [-0.2, -0.15) is 0 Å². The smallest absolute Gasteiger partial charge is 0.194 e. The fourth-order valence-corrected chi connectivity index (χ4v) is 3.17. The van der Waals surface area contributed by atoms with Gasteiger partial charge >= 0.3 is 0 Å². The number of aliphatic imine (C=N–C) groups is 1. The van der Waals surface area contributed by atoms with Crippen LogP contribution >= 0.6 is 35.3 Å². The van der Waals surface area contributed by atoms with Crippen LogP contribution in [0.5, 0.6) is 0 Å². The fourth-order valence-electron chi connectivity index (χ4n) is 2.21. The van der Waals surface area contributed by atoms with Crippen molar-refractivity contribution in [3.05, 3.63) is 52.0 Å². The molecule has 1 N–H and O–H groups in total. The summed E-state index contributed by atoms with van der Waals surface area (Å²) in [4.78, 5) is 11.2. The van der Waals surface area contributed by atoms with Crippen molar-refractivity contribution >= 4 is 41.3 Å². The average molecular weight is 458 g/mol. The Labute approximate surface area is 166 Å². The lowest BCUT2D eigenvalue weighted by molar-refractivity contribution is 0.476. The second-order valence-corrected chi connectivity index (χ2v) is 7.56. The highest BCUT2D eigenvalue weighted by Gasteiger charge is 2.17. The monoisotopic (exact) mass is 458 g/mol. The largest absolute Gasteiger partial charge is 0.350 e. The van der Waals surface area contributed by atoms with Crippen LogP contribution in [0.4, 0.5) is 0 Å². The molecule has 0 saturated heterocycles. The third-order valence-electron chi connectivity index (χ3n) is 3.55. The molecule has 1 aromatic heterocycles. The molecular formula is C18H27IN4S. The molecule has 0 aliphatic carbocycles. The van der Waals surface area contributed by atoms with Crippen molar-refractivity contribution in [3.8, 4) is 0 Å². The number of nitrogens with zero attached hydrogens (tertiary/aromatic N) is 3. The summed E-state index contributed by atoms with van der Waals surface area (Å²) in [6, 6.07) is 10.4. The van der Waals surface area contributed by atoms with E-state index in [1.807, 2.05) is 20.2 Å². The molecule has 0 atom stereocenters. The maximum atomic E-state index is 4.71. The second kappa shape index (κ2) is 9.36. The van der Waals surface area contributed by atoms with Gasteiger partial charge in [0.1, 0.15) is 5.01 Å². The van der Waals surface area contributed by atoms with E-state index in [-0.39, 0.29) is 29.4 Å². The first-order chi connectivity index (χ1) is 10.9. The molecule has 2 rings (SSSR count). The Morgan fingerprint density at radius 1 is 1.25 bits per heavy atom. The number of aromatic nitrogens is 1. The van der Waals surface area contributed by atoms with Crippen LogP contribution in [0.3, 0.4) is 0 Å². The number of thiazole rings is 1. The molecule has 0 unspecified atom stereocenters. The van der Waals surface area contributed by atoms with E-state index in [9.17, 15) is 0 Å². The molecule has 0 bridgehead atoms. The van der Waals surface area contributed by atoms with E-state index in [0.717, 1.165) is 23.2 Å². The number of rotatable bonds is 4. The Balaban J connectivity index is 0.00000288. The van der Waals surface area contributed by atoms with E-state index >= 15 is 0 Å². The van der Waals surface area contributed by atoms with Crippen LogP contribution < -0.4 is 5.32 Å². The van der Waals surface area contributed by atoms with Crippen molar-refractivity contribution < 1.29 is 0 Å². The minimum absolute atomic E-state index is 0. The zero-order valence-electron chi connectivity index (χ0n) is 15.0. The molecule has 0 radical (unpaired) electrons. The summed E-state index contributed by atoms with van der Waals surface area (Å²) in [7, 11) is 3.86. The van der Waals surface area contributed by atoms with Crippen LogP contribution in [0.2, 0.25) is 0 Å². The molecule has 132 valence electrons. The zero-order chi connectivity index (χ0) is 16.9. The Morgan fingerprint density at radius 3 is 2.46 bits per heavy atom. The van der Waals surface area contributed by atoms with Crippen LogP contribution in [0.15, 0.2) is 40.7 Å². The number of benzene rings is 1. The number of guanidine groups is 1. The van der Waals surface area contributed by atoms with Gasteiger partial charge in [0.15, 0.2) is 5.96 Å². The van der Waals surface area contributed by atoms with Crippen LogP contribution in [0, 0.1) is 0 Å². The van der Waals surface area contributed by atoms with Crippen molar-refractivity contribution in [1.29, 1.82) is 0 Å². The lowest BCUT2D eigenvalue weighted by atomic mass is 9.93. The van der Waals surface area contributed by atoms with Crippen molar-refractivity contribution in [2.24, 2.45) is 4.99 Å². The topological polar surface area (TPSA) is 40.5 Å². The Bertz CT molecular complexity index is 647. The molecule has 0 fully saturated rings. The van der Waals surface area contributed by atoms with Gasteiger partial charge in [0, 0.05) is 31.4 Å². The van der Waals surface area contributed by atoms with Gasteiger partial charge in [-0.3, -0.25) is 4.99 Å². The highest BCUT2D eigenvalue weighted by atomic mass is 127. The van der Waals surface area contributed by atoms with Crippen molar-refractivity contribution in [1.82, 2.24) is 15.2 Å². The molecule has 6 heteroatoms. The van der Waals surface area contributed by atoms with E-state index in [1.54, 1.807) is 11.3 Å². The van der Waals surface area contributed by atoms with Crippen LogP contribution in [-0.4, -0.2) is 29.9 Å². The van der Waals surface area contributed by atoms with Gasteiger partial charge in [-0.15, -0.1) is 35.3 Å². The third kappa shape index (κ3) is 6.05. The molecule has 0 aliphatic heterocycles. The second-order valence-electron chi connectivity index (χ2n) is 6.62. The number of nitrogens with one attached hydrogen (secondary N) is 1. The first-order valence-electron chi connectivity index (χ1n) is 7.80. The third-order valence-corrected chi connectivity index (χ3v) is 4.40. The van der Waals surface area contributed by atoms with E-state index in [1.165, 1.54) is 5.56 Å². The maximum absolute atomic E-state index is 4.71. The van der Waals surface area contributed by atoms with E-state index in [4.69, 9.17) is 4.98 Å².